The van der Waals surface area contributed by atoms with E-state index in [9.17, 15) is 13.2 Å². The molecule has 2 aromatic rings. The maximum absolute atomic E-state index is 12.9. The maximum Gasteiger partial charge on any atom is 0.243 e. The Labute approximate surface area is 184 Å². The Bertz CT molecular complexity index is 1050. The van der Waals surface area contributed by atoms with Crippen LogP contribution in [0.15, 0.2) is 66.1 Å². The molecule has 1 heterocycles. The fourth-order valence-electron chi connectivity index (χ4n) is 3.64. The van der Waals surface area contributed by atoms with Crippen LogP contribution in [0.2, 0.25) is 0 Å². The van der Waals surface area contributed by atoms with Gasteiger partial charge in [0.25, 0.3) is 0 Å². The molecule has 0 spiro atoms. The molecule has 0 aliphatic carbocycles. The monoisotopic (exact) mass is 437 g/mol. The third-order valence-electron chi connectivity index (χ3n) is 5.39. The molecule has 0 N–H and O–H groups in total. The molecule has 0 bridgehead atoms. The zero-order valence-electron chi connectivity index (χ0n) is 17.5. The Balaban J connectivity index is 1.67. The van der Waals surface area contributed by atoms with Crippen LogP contribution in [0.4, 0.5) is 0 Å². The molecule has 0 radical (unpaired) electrons. The van der Waals surface area contributed by atoms with Crippen LogP contribution in [-0.2, 0) is 27.8 Å². The van der Waals surface area contributed by atoms with Gasteiger partial charge >= 0.3 is 0 Å². The first kappa shape index (κ1) is 22.7. The maximum atomic E-state index is 12.9. The highest BCUT2D eigenvalue weighted by Crippen LogP contribution is 2.21. The molecule has 1 aliphatic heterocycles. The second kappa shape index (κ2) is 10.4. The molecule has 162 valence electrons. The smallest absolute Gasteiger partial charge is 0.243 e. The van der Waals surface area contributed by atoms with Crippen molar-refractivity contribution < 1.29 is 13.2 Å². The molecule has 1 fully saturated rings. The quantitative estimate of drug-likeness (QED) is 0.592. The zero-order chi connectivity index (χ0) is 22.3. The van der Waals surface area contributed by atoms with Crippen molar-refractivity contribution in [1.29, 1.82) is 5.26 Å². The first-order valence-corrected chi connectivity index (χ1v) is 11.8. The number of piperidine rings is 1. The number of sulfonamides is 1. The third-order valence-corrected chi connectivity index (χ3v) is 7.30. The van der Waals surface area contributed by atoms with Gasteiger partial charge in [-0.15, -0.1) is 6.58 Å². The predicted molar refractivity (Wildman–Crippen MR) is 120 cm³/mol. The molecular weight excluding hydrogens is 410 g/mol. The molecule has 1 amide bonds. The van der Waals surface area contributed by atoms with E-state index in [1.54, 1.807) is 51.7 Å². The molecule has 1 saturated heterocycles. The van der Waals surface area contributed by atoms with Gasteiger partial charge in [-0.05, 0) is 48.2 Å². The van der Waals surface area contributed by atoms with Crippen molar-refractivity contribution in [3.05, 3.63) is 77.9 Å². The molecule has 3 rings (SSSR count). The first-order valence-electron chi connectivity index (χ1n) is 10.4. The second-order valence-corrected chi connectivity index (χ2v) is 9.60. The van der Waals surface area contributed by atoms with Gasteiger partial charge in [0.05, 0.1) is 22.9 Å². The van der Waals surface area contributed by atoms with Crippen LogP contribution in [0.25, 0.3) is 0 Å². The van der Waals surface area contributed by atoms with E-state index in [1.165, 1.54) is 0 Å². The van der Waals surface area contributed by atoms with Gasteiger partial charge in [-0.2, -0.15) is 9.57 Å². The lowest BCUT2D eigenvalue weighted by atomic mass is 10.1. The van der Waals surface area contributed by atoms with Crippen LogP contribution >= 0.6 is 0 Å². The third kappa shape index (κ3) is 5.81. The highest BCUT2D eigenvalue weighted by Gasteiger charge is 2.25. The van der Waals surface area contributed by atoms with Gasteiger partial charge in [0.15, 0.2) is 0 Å². The van der Waals surface area contributed by atoms with E-state index in [4.69, 9.17) is 5.26 Å². The zero-order valence-corrected chi connectivity index (χ0v) is 18.4. The van der Waals surface area contributed by atoms with Gasteiger partial charge in [0.2, 0.25) is 15.9 Å². The Morgan fingerprint density at radius 1 is 1.03 bits per heavy atom. The lowest BCUT2D eigenvalue weighted by molar-refractivity contribution is -0.130. The summed E-state index contributed by atoms with van der Waals surface area (Å²) in [6.45, 7) is 5.68. The summed E-state index contributed by atoms with van der Waals surface area (Å²) in [5, 5.41) is 8.92. The Kier molecular flexibility index (Phi) is 7.61. The standard InChI is InChI=1S/C24H27N3O3S/c1-2-14-26(19-22-8-6-21(18-25)7-9-22)24(28)17-20-10-12-23(13-11-20)31(29,30)27-15-4-3-5-16-27/h2,6-13H,1,3-5,14-17,19H2. The van der Waals surface area contributed by atoms with E-state index < -0.39 is 10.0 Å². The van der Waals surface area contributed by atoms with Crippen molar-refractivity contribution in [2.75, 3.05) is 19.6 Å². The summed E-state index contributed by atoms with van der Waals surface area (Å²) in [6.07, 6.45) is 4.70. The number of nitrogens with zero attached hydrogens (tertiary/aromatic N) is 3. The predicted octanol–water partition coefficient (Wildman–Crippen LogP) is 3.49. The van der Waals surface area contributed by atoms with E-state index in [0.29, 0.717) is 31.7 Å². The summed E-state index contributed by atoms with van der Waals surface area (Å²) in [4.78, 5) is 14.8. The van der Waals surface area contributed by atoms with Gasteiger partial charge in [-0.25, -0.2) is 8.42 Å². The van der Waals surface area contributed by atoms with E-state index >= 15 is 0 Å². The van der Waals surface area contributed by atoms with Crippen molar-refractivity contribution in [2.45, 2.75) is 37.1 Å². The van der Waals surface area contributed by atoms with Gasteiger partial charge in [0, 0.05) is 26.2 Å². The lowest BCUT2D eigenvalue weighted by Gasteiger charge is -2.26. The minimum atomic E-state index is -3.48. The van der Waals surface area contributed by atoms with Crippen molar-refractivity contribution in [2.24, 2.45) is 0 Å². The van der Waals surface area contributed by atoms with E-state index in [2.05, 4.69) is 12.6 Å². The van der Waals surface area contributed by atoms with Crippen LogP contribution < -0.4 is 0 Å². The molecule has 7 heteroatoms. The van der Waals surface area contributed by atoms with E-state index in [-0.39, 0.29) is 17.2 Å². The molecule has 0 unspecified atom stereocenters. The molecule has 6 nitrogen and oxygen atoms in total. The van der Waals surface area contributed by atoms with E-state index in [1.807, 2.05) is 12.1 Å². The topological polar surface area (TPSA) is 81.5 Å². The fraction of sp³-hybridized carbons (Fsp3) is 0.333. The van der Waals surface area contributed by atoms with Crippen LogP contribution in [0.5, 0.6) is 0 Å². The summed E-state index contributed by atoms with van der Waals surface area (Å²) in [5.41, 5.74) is 2.26. The Hall–Kier alpha value is -2.95. The molecule has 0 atom stereocenters. The van der Waals surface area contributed by atoms with Gasteiger partial charge in [0.1, 0.15) is 0 Å². The molecule has 31 heavy (non-hydrogen) atoms. The van der Waals surface area contributed by atoms with Crippen LogP contribution in [-0.4, -0.2) is 43.2 Å². The number of carbonyl (C=O) groups is 1. The summed E-state index contributed by atoms with van der Waals surface area (Å²) in [5.74, 6) is -0.0732. The summed E-state index contributed by atoms with van der Waals surface area (Å²) < 4.78 is 27.1. The van der Waals surface area contributed by atoms with Crippen LogP contribution in [0, 0.1) is 11.3 Å². The van der Waals surface area contributed by atoms with Crippen LogP contribution in [0.1, 0.15) is 36.0 Å². The van der Waals surface area contributed by atoms with Crippen molar-refractivity contribution >= 4 is 15.9 Å². The lowest BCUT2D eigenvalue weighted by Crippen LogP contribution is -2.35. The average Bonchev–Trinajstić information content (AvgIpc) is 2.80. The molecule has 0 saturated carbocycles. The summed E-state index contributed by atoms with van der Waals surface area (Å²) in [6, 6.07) is 15.8. The van der Waals surface area contributed by atoms with Gasteiger partial charge in [-0.3, -0.25) is 4.79 Å². The molecule has 1 aliphatic rings. The summed E-state index contributed by atoms with van der Waals surface area (Å²) >= 11 is 0. The Morgan fingerprint density at radius 2 is 1.65 bits per heavy atom. The van der Waals surface area contributed by atoms with E-state index in [0.717, 1.165) is 30.4 Å². The number of benzene rings is 2. The highest BCUT2D eigenvalue weighted by atomic mass is 32.2. The van der Waals surface area contributed by atoms with Crippen molar-refractivity contribution in [3.63, 3.8) is 0 Å². The van der Waals surface area contributed by atoms with Crippen LogP contribution in [0.3, 0.4) is 0 Å². The Morgan fingerprint density at radius 3 is 2.23 bits per heavy atom. The number of carbonyl (C=O) groups excluding carboxylic acids is 1. The summed E-state index contributed by atoms with van der Waals surface area (Å²) in [7, 11) is -3.48. The number of hydrogen-bond donors (Lipinski definition) is 0. The number of rotatable bonds is 8. The average molecular weight is 438 g/mol. The number of hydrogen-bond acceptors (Lipinski definition) is 4. The van der Waals surface area contributed by atoms with Gasteiger partial charge < -0.3 is 4.90 Å². The number of nitriles is 1. The highest BCUT2D eigenvalue weighted by molar-refractivity contribution is 7.89. The SMILES string of the molecule is C=CCN(Cc1ccc(C#N)cc1)C(=O)Cc1ccc(S(=O)(=O)N2CCCCC2)cc1. The van der Waals surface area contributed by atoms with Crippen molar-refractivity contribution in [3.8, 4) is 6.07 Å². The molecular formula is C24H27N3O3S. The number of amides is 1. The first-order chi connectivity index (χ1) is 14.9. The second-order valence-electron chi connectivity index (χ2n) is 7.66. The normalized spacial score (nSPS) is 14.5. The van der Waals surface area contributed by atoms with Gasteiger partial charge in [-0.1, -0.05) is 36.8 Å². The van der Waals surface area contributed by atoms with Crippen molar-refractivity contribution in [1.82, 2.24) is 9.21 Å². The fourth-order valence-corrected chi connectivity index (χ4v) is 5.15. The molecule has 0 aromatic heterocycles. The largest absolute Gasteiger partial charge is 0.334 e. The molecule has 2 aromatic carbocycles. The minimum absolute atomic E-state index is 0.0732. The minimum Gasteiger partial charge on any atom is -0.334 e.